The Kier molecular flexibility index (Phi) is 3.55. The third kappa shape index (κ3) is 2.84. The first-order valence-electron chi connectivity index (χ1n) is 4.93. The van der Waals surface area contributed by atoms with Crippen molar-refractivity contribution in [3.05, 3.63) is 51.6 Å². The Bertz CT molecular complexity index is 624. The molecule has 0 aliphatic carbocycles. The first kappa shape index (κ1) is 12.1. The van der Waals surface area contributed by atoms with Gasteiger partial charge in [0.15, 0.2) is 0 Å². The van der Waals surface area contributed by atoms with E-state index in [4.69, 9.17) is 11.6 Å². The Morgan fingerprint density at radius 1 is 1.44 bits per heavy atom. The number of hydrogen-bond donors (Lipinski definition) is 0. The zero-order chi connectivity index (χ0) is 13.0. The summed E-state index contributed by atoms with van der Waals surface area (Å²) in [7, 11) is 0. The molecule has 2 aromatic heterocycles. The van der Waals surface area contributed by atoms with E-state index in [1.165, 1.54) is 23.2 Å². The van der Waals surface area contributed by atoms with Gasteiger partial charge in [-0.1, -0.05) is 28.4 Å². The van der Waals surface area contributed by atoms with Crippen LogP contribution in [0.1, 0.15) is 5.56 Å². The molecule has 2 heterocycles. The molecule has 0 spiro atoms. The van der Waals surface area contributed by atoms with E-state index in [1.54, 1.807) is 12.1 Å². The molecule has 0 aliphatic rings. The van der Waals surface area contributed by atoms with Crippen LogP contribution in [0.3, 0.4) is 0 Å². The number of rotatable bonds is 2. The van der Waals surface area contributed by atoms with Crippen LogP contribution in [-0.4, -0.2) is 19.5 Å². The van der Waals surface area contributed by atoms with Crippen molar-refractivity contribution in [3.63, 3.8) is 0 Å². The highest BCUT2D eigenvalue weighted by molar-refractivity contribution is 6.29. The van der Waals surface area contributed by atoms with Crippen molar-refractivity contribution < 1.29 is 4.92 Å². The molecule has 0 radical (unpaired) electrons. The van der Waals surface area contributed by atoms with E-state index in [-0.39, 0.29) is 12.5 Å². The average Bonchev–Trinajstić information content (AvgIpc) is 2.80. The summed E-state index contributed by atoms with van der Waals surface area (Å²) in [5.74, 6) is 5.41. The molecule has 7 heteroatoms. The molecule has 2 rings (SSSR count). The van der Waals surface area contributed by atoms with Crippen molar-refractivity contribution in [1.82, 2.24) is 14.5 Å². The molecule has 90 valence electrons. The van der Waals surface area contributed by atoms with E-state index >= 15 is 0 Å². The fourth-order valence-corrected chi connectivity index (χ4v) is 1.39. The minimum atomic E-state index is -0.550. The highest BCUT2D eigenvalue weighted by Gasteiger charge is 2.11. The van der Waals surface area contributed by atoms with E-state index in [2.05, 4.69) is 21.8 Å². The van der Waals surface area contributed by atoms with E-state index < -0.39 is 4.92 Å². The highest BCUT2D eigenvalue weighted by atomic mass is 35.5. The molecule has 0 atom stereocenters. The van der Waals surface area contributed by atoms with Crippen LogP contribution in [0.25, 0.3) is 0 Å². The van der Waals surface area contributed by atoms with Gasteiger partial charge in [-0.15, -0.1) is 0 Å². The zero-order valence-corrected chi connectivity index (χ0v) is 9.83. The van der Waals surface area contributed by atoms with E-state index in [0.29, 0.717) is 10.7 Å². The van der Waals surface area contributed by atoms with Crippen LogP contribution in [0.15, 0.2) is 30.7 Å². The van der Waals surface area contributed by atoms with Crippen LogP contribution < -0.4 is 0 Å². The van der Waals surface area contributed by atoms with Crippen LogP contribution in [0, 0.1) is 22.0 Å². The smallest absolute Gasteiger partial charge is 0.390 e. The van der Waals surface area contributed by atoms with Crippen LogP contribution in [0.5, 0.6) is 0 Å². The molecule has 6 nitrogen and oxygen atoms in total. The van der Waals surface area contributed by atoms with Gasteiger partial charge < -0.3 is 10.1 Å². The topological polar surface area (TPSA) is 73.8 Å². The predicted octanol–water partition coefficient (Wildman–Crippen LogP) is 1.89. The minimum Gasteiger partial charge on any atom is -0.390 e. The molecule has 0 amide bonds. The number of halogens is 1. The monoisotopic (exact) mass is 262 g/mol. The van der Waals surface area contributed by atoms with Gasteiger partial charge in [0.1, 0.15) is 24.1 Å². The normalized spacial score (nSPS) is 9.61. The molecule has 2 aromatic rings. The molecule has 0 N–H and O–H groups in total. The van der Waals surface area contributed by atoms with Gasteiger partial charge in [-0.05, 0) is 17.1 Å². The summed E-state index contributed by atoms with van der Waals surface area (Å²) < 4.78 is 1.36. The van der Waals surface area contributed by atoms with Crippen molar-refractivity contribution in [2.45, 2.75) is 6.54 Å². The first-order chi connectivity index (χ1) is 8.66. The van der Waals surface area contributed by atoms with E-state index in [0.717, 1.165) is 0 Å². The number of nitrogens with zero attached hydrogens (tertiary/aromatic N) is 4. The molecule has 0 unspecified atom stereocenters. The summed E-state index contributed by atoms with van der Waals surface area (Å²) in [6, 6.07) is 3.36. The van der Waals surface area contributed by atoms with Crippen LogP contribution in [0.2, 0.25) is 5.15 Å². The third-order valence-electron chi connectivity index (χ3n) is 2.07. The van der Waals surface area contributed by atoms with Gasteiger partial charge in [-0.25, -0.2) is 9.55 Å². The Labute approximate surface area is 107 Å². The molecule has 0 saturated heterocycles. The van der Waals surface area contributed by atoms with Crippen LogP contribution in [-0.2, 0) is 6.54 Å². The lowest BCUT2D eigenvalue weighted by Crippen LogP contribution is -2.01. The number of pyridine rings is 1. The lowest BCUT2D eigenvalue weighted by atomic mass is 10.3. The maximum Gasteiger partial charge on any atom is 0.435 e. The van der Waals surface area contributed by atoms with Gasteiger partial charge in [0.05, 0.1) is 0 Å². The lowest BCUT2D eigenvalue weighted by molar-refractivity contribution is -0.396. The molecule has 0 saturated carbocycles. The minimum absolute atomic E-state index is 0.193. The van der Waals surface area contributed by atoms with Crippen molar-refractivity contribution in [3.8, 4) is 11.8 Å². The Hall–Kier alpha value is -2.39. The van der Waals surface area contributed by atoms with E-state index in [1.807, 2.05) is 0 Å². The second kappa shape index (κ2) is 5.29. The van der Waals surface area contributed by atoms with Gasteiger partial charge in [-0.2, -0.15) is 0 Å². The van der Waals surface area contributed by atoms with Gasteiger partial charge >= 0.3 is 5.95 Å². The number of nitro groups is 1. The largest absolute Gasteiger partial charge is 0.435 e. The summed E-state index contributed by atoms with van der Waals surface area (Å²) in [6.07, 6.45) is 4.41. The second-order valence-corrected chi connectivity index (χ2v) is 3.67. The third-order valence-corrected chi connectivity index (χ3v) is 2.29. The Morgan fingerprint density at radius 3 is 2.94 bits per heavy atom. The molecule has 18 heavy (non-hydrogen) atoms. The zero-order valence-electron chi connectivity index (χ0n) is 9.08. The average molecular weight is 263 g/mol. The van der Waals surface area contributed by atoms with Crippen LogP contribution >= 0.6 is 11.6 Å². The predicted molar refractivity (Wildman–Crippen MR) is 65.0 cm³/mol. The fraction of sp³-hybridized carbons (Fsp3) is 0.0909. The lowest BCUT2D eigenvalue weighted by Gasteiger charge is -1.95. The summed E-state index contributed by atoms with van der Waals surface area (Å²) in [5, 5.41) is 11.0. The first-order valence-corrected chi connectivity index (χ1v) is 5.30. The summed E-state index contributed by atoms with van der Waals surface area (Å²) in [6.45, 7) is 0.193. The molecule has 0 aliphatic heterocycles. The molecule has 0 aromatic carbocycles. The van der Waals surface area contributed by atoms with Gasteiger partial charge in [0.2, 0.25) is 0 Å². The molecule has 0 bridgehead atoms. The molecular weight excluding hydrogens is 256 g/mol. The molecule has 0 fully saturated rings. The van der Waals surface area contributed by atoms with Crippen molar-refractivity contribution in [2.75, 3.05) is 0 Å². The van der Waals surface area contributed by atoms with Crippen molar-refractivity contribution >= 4 is 17.5 Å². The SMILES string of the molecule is O=[N+]([O-])c1nccn1CC#Cc1ccc(Cl)nc1. The maximum atomic E-state index is 10.6. The Morgan fingerprint density at radius 2 is 2.28 bits per heavy atom. The number of hydrogen-bond acceptors (Lipinski definition) is 4. The van der Waals surface area contributed by atoms with Gasteiger partial charge in [-0.3, -0.25) is 0 Å². The number of aromatic nitrogens is 3. The second-order valence-electron chi connectivity index (χ2n) is 3.28. The van der Waals surface area contributed by atoms with E-state index in [9.17, 15) is 10.1 Å². The standard InChI is InChI=1S/C11H7ClN4O2/c12-10-4-3-9(8-14-10)2-1-6-15-7-5-13-11(15)16(17)18/h3-5,7-8H,6H2. The van der Waals surface area contributed by atoms with Gasteiger partial charge in [0, 0.05) is 11.8 Å². The molecular formula is C11H7ClN4O2. The number of imidazole rings is 1. The summed E-state index contributed by atoms with van der Waals surface area (Å²) >= 11 is 5.64. The highest BCUT2D eigenvalue weighted by Crippen LogP contribution is 2.07. The summed E-state index contributed by atoms with van der Waals surface area (Å²) in [5.41, 5.74) is 0.696. The quantitative estimate of drug-likeness (QED) is 0.358. The van der Waals surface area contributed by atoms with Crippen molar-refractivity contribution in [1.29, 1.82) is 0 Å². The van der Waals surface area contributed by atoms with Gasteiger partial charge in [0.25, 0.3) is 0 Å². The fourth-order valence-electron chi connectivity index (χ4n) is 1.27. The maximum absolute atomic E-state index is 10.6. The van der Waals surface area contributed by atoms with Crippen LogP contribution in [0.4, 0.5) is 5.95 Å². The Balaban J connectivity index is 2.10. The van der Waals surface area contributed by atoms with Crippen molar-refractivity contribution in [2.24, 2.45) is 0 Å². The summed E-state index contributed by atoms with van der Waals surface area (Å²) in [4.78, 5) is 17.5.